The van der Waals surface area contributed by atoms with Crippen molar-refractivity contribution < 1.29 is 4.74 Å². The Balaban J connectivity index is 3.63. The average Bonchev–Trinajstić information content (AvgIpc) is 2.58. The van der Waals surface area contributed by atoms with Crippen LogP contribution in [0.3, 0.4) is 0 Å². The van der Waals surface area contributed by atoms with E-state index in [1.165, 1.54) is 89.9 Å². The van der Waals surface area contributed by atoms with Gasteiger partial charge in [0.15, 0.2) is 0 Å². The first-order valence-corrected chi connectivity index (χ1v) is 10.9. The van der Waals surface area contributed by atoms with E-state index in [2.05, 4.69) is 27.7 Å². The van der Waals surface area contributed by atoms with Crippen molar-refractivity contribution in [2.45, 2.75) is 118 Å². The van der Waals surface area contributed by atoms with Crippen molar-refractivity contribution in [3.63, 3.8) is 0 Å². The summed E-state index contributed by atoms with van der Waals surface area (Å²) < 4.78 is 6.10. The lowest BCUT2D eigenvalue weighted by Gasteiger charge is -2.19. The third-order valence-corrected chi connectivity index (χ3v) is 5.29. The highest BCUT2D eigenvalue weighted by molar-refractivity contribution is 4.60. The van der Waals surface area contributed by atoms with E-state index in [1.807, 2.05) is 0 Å². The van der Waals surface area contributed by atoms with Gasteiger partial charge in [0.2, 0.25) is 0 Å². The summed E-state index contributed by atoms with van der Waals surface area (Å²) in [6, 6.07) is 0. The highest BCUT2D eigenvalue weighted by atomic mass is 16.5. The number of hydrogen-bond donors (Lipinski definition) is 0. The van der Waals surface area contributed by atoms with Gasteiger partial charge in [0, 0.05) is 13.2 Å². The molecule has 0 aliphatic carbocycles. The van der Waals surface area contributed by atoms with Gasteiger partial charge in [0.05, 0.1) is 0 Å². The molecule has 0 amide bonds. The Morgan fingerprint density at radius 2 is 0.913 bits per heavy atom. The van der Waals surface area contributed by atoms with Gasteiger partial charge in [-0.15, -0.1) is 0 Å². The average molecular weight is 327 g/mol. The quantitative estimate of drug-likeness (QED) is 0.234. The molecule has 0 saturated heterocycles. The molecule has 2 atom stereocenters. The van der Waals surface area contributed by atoms with Gasteiger partial charge in [0.25, 0.3) is 0 Å². The third-order valence-electron chi connectivity index (χ3n) is 5.29. The van der Waals surface area contributed by atoms with Crippen LogP contribution < -0.4 is 0 Å². The zero-order chi connectivity index (χ0) is 17.2. The standard InChI is InChI=1S/C22H46O/c1-5-9-11-13-15-17-21(7-3)19-23-20-22(8-4)18-16-14-12-10-6-2/h21-22H,5-20H2,1-4H3. The summed E-state index contributed by atoms with van der Waals surface area (Å²) in [5.41, 5.74) is 0. The fourth-order valence-electron chi connectivity index (χ4n) is 3.29. The maximum Gasteiger partial charge on any atom is 0.0494 e. The largest absolute Gasteiger partial charge is 0.381 e. The van der Waals surface area contributed by atoms with E-state index in [-0.39, 0.29) is 0 Å². The number of rotatable bonds is 18. The summed E-state index contributed by atoms with van der Waals surface area (Å²) in [5.74, 6) is 1.58. The molecule has 1 heteroatoms. The molecule has 0 aromatic rings. The van der Waals surface area contributed by atoms with Gasteiger partial charge in [-0.05, 0) is 24.7 Å². The molecule has 0 saturated carbocycles. The molecule has 23 heavy (non-hydrogen) atoms. The van der Waals surface area contributed by atoms with Crippen LogP contribution in [-0.4, -0.2) is 13.2 Å². The molecule has 0 aliphatic rings. The van der Waals surface area contributed by atoms with Crippen LogP contribution in [0.25, 0.3) is 0 Å². The lowest BCUT2D eigenvalue weighted by molar-refractivity contribution is 0.0627. The van der Waals surface area contributed by atoms with Crippen LogP contribution in [-0.2, 0) is 4.74 Å². The van der Waals surface area contributed by atoms with Crippen molar-refractivity contribution in [1.29, 1.82) is 0 Å². The van der Waals surface area contributed by atoms with E-state index in [0.29, 0.717) is 0 Å². The van der Waals surface area contributed by atoms with E-state index >= 15 is 0 Å². The van der Waals surface area contributed by atoms with Gasteiger partial charge < -0.3 is 4.74 Å². The topological polar surface area (TPSA) is 9.23 Å². The van der Waals surface area contributed by atoms with Crippen molar-refractivity contribution in [3.8, 4) is 0 Å². The van der Waals surface area contributed by atoms with Crippen LogP contribution in [0.4, 0.5) is 0 Å². The molecule has 0 aromatic carbocycles. The van der Waals surface area contributed by atoms with Gasteiger partial charge in [-0.1, -0.05) is 105 Å². The number of unbranched alkanes of at least 4 members (excludes halogenated alkanes) is 8. The van der Waals surface area contributed by atoms with Crippen molar-refractivity contribution in [2.24, 2.45) is 11.8 Å². The number of ether oxygens (including phenoxy) is 1. The SMILES string of the molecule is CCCCCCCC(CC)COCC(CC)CCCCCCC. The molecule has 0 spiro atoms. The molecule has 0 radical (unpaired) electrons. The summed E-state index contributed by atoms with van der Waals surface area (Å²) in [7, 11) is 0. The van der Waals surface area contributed by atoms with Gasteiger partial charge >= 0.3 is 0 Å². The highest BCUT2D eigenvalue weighted by Gasteiger charge is 2.10. The van der Waals surface area contributed by atoms with Crippen molar-refractivity contribution in [3.05, 3.63) is 0 Å². The van der Waals surface area contributed by atoms with Gasteiger partial charge in [-0.2, -0.15) is 0 Å². The maximum absolute atomic E-state index is 6.10. The second-order valence-electron chi connectivity index (χ2n) is 7.49. The van der Waals surface area contributed by atoms with Crippen molar-refractivity contribution >= 4 is 0 Å². The van der Waals surface area contributed by atoms with Crippen molar-refractivity contribution in [1.82, 2.24) is 0 Å². The molecule has 1 nitrogen and oxygen atoms in total. The molecule has 0 heterocycles. The monoisotopic (exact) mass is 326 g/mol. The lowest BCUT2D eigenvalue weighted by atomic mass is 9.97. The summed E-state index contributed by atoms with van der Waals surface area (Å²) in [4.78, 5) is 0. The molecule has 140 valence electrons. The molecule has 0 bridgehead atoms. The van der Waals surface area contributed by atoms with E-state index in [9.17, 15) is 0 Å². The summed E-state index contributed by atoms with van der Waals surface area (Å²) >= 11 is 0. The molecule has 0 fully saturated rings. The molecular formula is C22H46O. The molecule has 0 aromatic heterocycles. The van der Waals surface area contributed by atoms with Crippen molar-refractivity contribution in [2.75, 3.05) is 13.2 Å². The van der Waals surface area contributed by atoms with Crippen LogP contribution in [0.1, 0.15) is 118 Å². The van der Waals surface area contributed by atoms with Gasteiger partial charge in [-0.25, -0.2) is 0 Å². The molecular weight excluding hydrogens is 280 g/mol. The van der Waals surface area contributed by atoms with E-state index in [1.54, 1.807) is 0 Å². The van der Waals surface area contributed by atoms with Gasteiger partial charge in [-0.3, -0.25) is 0 Å². The molecule has 2 unspecified atom stereocenters. The Bertz CT molecular complexity index is 192. The normalized spacial score (nSPS) is 14.1. The van der Waals surface area contributed by atoms with E-state index < -0.39 is 0 Å². The zero-order valence-electron chi connectivity index (χ0n) is 16.9. The Hall–Kier alpha value is -0.0400. The zero-order valence-corrected chi connectivity index (χ0v) is 16.9. The molecule has 0 rings (SSSR count). The number of hydrogen-bond acceptors (Lipinski definition) is 1. The summed E-state index contributed by atoms with van der Waals surface area (Å²) in [6.45, 7) is 11.2. The third kappa shape index (κ3) is 15.2. The lowest BCUT2D eigenvalue weighted by Crippen LogP contribution is -2.15. The first-order valence-electron chi connectivity index (χ1n) is 10.9. The summed E-state index contributed by atoms with van der Waals surface area (Å²) in [6.07, 6.45) is 19.3. The minimum atomic E-state index is 0.790. The molecule has 0 N–H and O–H groups in total. The van der Waals surface area contributed by atoms with Crippen LogP contribution in [0.5, 0.6) is 0 Å². The maximum atomic E-state index is 6.10. The predicted octanol–water partition coefficient (Wildman–Crippen LogP) is 7.78. The first kappa shape index (κ1) is 23.0. The Kier molecular flexibility index (Phi) is 18.3. The Morgan fingerprint density at radius 3 is 1.26 bits per heavy atom. The van der Waals surface area contributed by atoms with Crippen LogP contribution in [0.2, 0.25) is 0 Å². The van der Waals surface area contributed by atoms with Gasteiger partial charge in [0.1, 0.15) is 0 Å². The summed E-state index contributed by atoms with van der Waals surface area (Å²) in [5, 5.41) is 0. The second-order valence-corrected chi connectivity index (χ2v) is 7.49. The fraction of sp³-hybridized carbons (Fsp3) is 1.00. The molecule has 0 aliphatic heterocycles. The van der Waals surface area contributed by atoms with Crippen LogP contribution in [0, 0.1) is 11.8 Å². The Morgan fingerprint density at radius 1 is 0.522 bits per heavy atom. The minimum Gasteiger partial charge on any atom is -0.381 e. The van der Waals surface area contributed by atoms with Crippen LogP contribution >= 0.6 is 0 Å². The predicted molar refractivity (Wildman–Crippen MR) is 105 cm³/mol. The minimum absolute atomic E-state index is 0.790. The fourth-order valence-corrected chi connectivity index (χ4v) is 3.29. The second kappa shape index (κ2) is 18.3. The first-order chi connectivity index (χ1) is 11.3. The van der Waals surface area contributed by atoms with E-state index in [0.717, 1.165) is 25.0 Å². The van der Waals surface area contributed by atoms with Crippen LogP contribution in [0.15, 0.2) is 0 Å². The smallest absolute Gasteiger partial charge is 0.0494 e. The highest BCUT2D eigenvalue weighted by Crippen LogP contribution is 2.18. The van der Waals surface area contributed by atoms with E-state index in [4.69, 9.17) is 4.74 Å². The Labute approximate surface area is 148 Å².